The Balaban J connectivity index is 1.19. The maximum atomic E-state index is 6.23. The zero-order chi connectivity index (χ0) is 28.3. The maximum absolute atomic E-state index is 6.23. The molecule has 0 amide bonds. The maximum Gasteiger partial charge on any atom is 0.135 e. The number of benzene rings is 7. The largest absolute Gasteiger partial charge is 0.456 e. The highest BCUT2D eigenvalue weighted by atomic mass is 16.3. The first-order valence-electron chi connectivity index (χ1n) is 14.7. The normalized spacial score (nSPS) is 17.1. The van der Waals surface area contributed by atoms with Crippen LogP contribution in [-0.4, -0.2) is 5.84 Å². The van der Waals surface area contributed by atoms with Crippen LogP contribution in [0.1, 0.15) is 29.0 Å². The molecule has 0 saturated heterocycles. The summed E-state index contributed by atoms with van der Waals surface area (Å²) in [5, 5.41) is 17.3. The number of nitrogens with one attached hydrogen (secondary N) is 2. The molecule has 4 nitrogen and oxygen atoms in total. The van der Waals surface area contributed by atoms with Crippen molar-refractivity contribution in [1.29, 1.82) is 0 Å². The third kappa shape index (κ3) is 3.92. The van der Waals surface area contributed by atoms with E-state index in [0.29, 0.717) is 0 Å². The Morgan fingerprint density at radius 2 is 1.23 bits per heavy atom. The van der Waals surface area contributed by atoms with Crippen LogP contribution in [-0.2, 0) is 0 Å². The molecule has 0 saturated carbocycles. The number of amidine groups is 1. The van der Waals surface area contributed by atoms with Crippen molar-refractivity contribution < 1.29 is 4.42 Å². The summed E-state index contributed by atoms with van der Waals surface area (Å²) in [6.07, 6.45) is -0.423. The van der Waals surface area contributed by atoms with Crippen LogP contribution in [0, 0.1) is 0 Å². The summed E-state index contributed by atoms with van der Waals surface area (Å²) in [6, 6.07) is 49.2. The Kier molecular flexibility index (Phi) is 5.37. The molecule has 2 N–H and O–H groups in total. The third-order valence-electron chi connectivity index (χ3n) is 8.74. The van der Waals surface area contributed by atoms with Crippen LogP contribution < -0.4 is 10.6 Å². The van der Waals surface area contributed by atoms with Gasteiger partial charge in [-0.05, 0) is 56.1 Å². The van der Waals surface area contributed by atoms with Crippen LogP contribution in [0.5, 0.6) is 0 Å². The molecule has 1 aromatic heterocycles. The summed E-state index contributed by atoms with van der Waals surface area (Å²) in [5.41, 5.74) is 5.09. The fourth-order valence-electron chi connectivity index (χ4n) is 6.69. The summed E-state index contributed by atoms with van der Waals surface area (Å²) in [4.78, 5) is 5.21. The van der Waals surface area contributed by atoms with Crippen LogP contribution in [0.2, 0.25) is 0 Å². The molecule has 2 atom stereocenters. The topological polar surface area (TPSA) is 49.6 Å². The smallest absolute Gasteiger partial charge is 0.135 e. The quantitative estimate of drug-likeness (QED) is 0.214. The van der Waals surface area contributed by atoms with Gasteiger partial charge in [0.05, 0.1) is 0 Å². The van der Waals surface area contributed by atoms with E-state index in [1.807, 2.05) is 24.3 Å². The lowest BCUT2D eigenvalue weighted by molar-refractivity contribution is 0.411. The van der Waals surface area contributed by atoms with Gasteiger partial charge in [0, 0.05) is 21.9 Å². The first-order valence-corrected chi connectivity index (χ1v) is 14.7. The lowest BCUT2D eigenvalue weighted by atomic mass is 9.95. The van der Waals surface area contributed by atoms with Crippen molar-refractivity contribution in [2.75, 3.05) is 0 Å². The summed E-state index contributed by atoms with van der Waals surface area (Å²) in [6.45, 7) is 0. The van der Waals surface area contributed by atoms with Gasteiger partial charge >= 0.3 is 0 Å². The van der Waals surface area contributed by atoms with Gasteiger partial charge < -0.3 is 9.73 Å². The van der Waals surface area contributed by atoms with Crippen molar-refractivity contribution in [2.45, 2.75) is 12.3 Å². The van der Waals surface area contributed by atoms with E-state index in [-0.39, 0.29) is 12.3 Å². The summed E-state index contributed by atoms with van der Waals surface area (Å²) >= 11 is 0. The number of furan rings is 1. The Bertz CT molecular complexity index is 2370. The highest BCUT2D eigenvalue weighted by molar-refractivity contribution is 6.17. The molecular weight excluding hydrogens is 526 g/mol. The lowest BCUT2D eigenvalue weighted by Gasteiger charge is -2.32. The van der Waals surface area contributed by atoms with Gasteiger partial charge in [-0.2, -0.15) is 0 Å². The van der Waals surface area contributed by atoms with E-state index in [2.05, 4.69) is 126 Å². The van der Waals surface area contributed by atoms with E-state index in [0.717, 1.165) is 44.5 Å². The Morgan fingerprint density at radius 1 is 0.535 bits per heavy atom. The highest BCUT2D eigenvalue weighted by Crippen LogP contribution is 2.37. The summed E-state index contributed by atoms with van der Waals surface area (Å²) in [7, 11) is 0. The Hall–Kier alpha value is -5.45. The third-order valence-corrected chi connectivity index (χ3v) is 8.74. The molecule has 0 spiro atoms. The average Bonchev–Trinajstić information content (AvgIpc) is 3.47. The molecule has 1 aliphatic heterocycles. The minimum Gasteiger partial charge on any atom is -0.456 e. The first-order chi connectivity index (χ1) is 21.3. The molecule has 43 heavy (non-hydrogen) atoms. The molecule has 2 unspecified atom stereocenters. The molecule has 2 heterocycles. The first kappa shape index (κ1) is 24.2. The fraction of sp³-hybridized carbons (Fsp3) is 0.0513. The van der Waals surface area contributed by atoms with Crippen molar-refractivity contribution in [3.8, 4) is 0 Å². The van der Waals surface area contributed by atoms with E-state index in [4.69, 9.17) is 9.41 Å². The molecule has 8 aromatic rings. The Morgan fingerprint density at radius 3 is 2.12 bits per heavy atom. The minimum absolute atomic E-state index is 0.180. The lowest BCUT2D eigenvalue weighted by Crippen LogP contribution is -2.45. The van der Waals surface area contributed by atoms with E-state index < -0.39 is 0 Å². The van der Waals surface area contributed by atoms with Crippen molar-refractivity contribution in [2.24, 2.45) is 4.99 Å². The molecule has 0 aliphatic carbocycles. The predicted molar refractivity (Wildman–Crippen MR) is 177 cm³/mol. The fourth-order valence-corrected chi connectivity index (χ4v) is 6.69. The number of hydrogen-bond donors (Lipinski definition) is 2. The summed E-state index contributed by atoms with van der Waals surface area (Å²) in [5.74, 6) is 0.865. The van der Waals surface area contributed by atoms with Crippen molar-refractivity contribution >= 4 is 60.1 Å². The van der Waals surface area contributed by atoms with Crippen molar-refractivity contribution in [3.63, 3.8) is 0 Å². The van der Waals surface area contributed by atoms with Gasteiger partial charge in [-0.25, -0.2) is 4.99 Å². The molecule has 7 aromatic carbocycles. The molecule has 4 heteroatoms. The van der Waals surface area contributed by atoms with Crippen LogP contribution >= 0.6 is 0 Å². The van der Waals surface area contributed by atoms with E-state index in [1.165, 1.54) is 32.3 Å². The highest BCUT2D eigenvalue weighted by Gasteiger charge is 2.28. The van der Waals surface area contributed by atoms with Gasteiger partial charge in [0.2, 0.25) is 0 Å². The monoisotopic (exact) mass is 553 g/mol. The van der Waals surface area contributed by atoms with Gasteiger partial charge in [0.1, 0.15) is 29.3 Å². The number of para-hydroxylation sites is 1. The summed E-state index contributed by atoms with van der Waals surface area (Å²) < 4.78 is 6.23. The van der Waals surface area contributed by atoms with Gasteiger partial charge in [-0.15, -0.1) is 0 Å². The molecule has 0 radical (unpaired) electrons. The standard InChI is InChI=1S/C39H27N3O/c1-2-10-25(11-3-1)37-40-38(42-39(41-37)33-14-8-16-35-36(33)32-13-6-7-15-34(32)43-35)27-19-20-29-26(23-27)18-22-30-28-12-5-4-9-24(28)17-21-31(29)30/h1-23,38-39,42H,(H,40,41). The SMILES string of the molecule is c1ccc(C2=NC(c3ccc4c(ccc5c6ccccc6ccc45)c3)NC(c3cccc4oc5ccccc5c34)N2)cc1. The van der Waals surface area contributed by atoms with Gasteiger partial charge in [0.15, 0.2) is 0 Å². The zero-order valence-corrected chi connectivity index (χ0v) is 23.3. The van der Waals surface area contributed by atoms with Gasteiger partial charge in [0.25, 0.3) is 0 Å². The van der Waals surface area contributed by atoms with Gasteiger partial charge in [-0.3, -0.25) is 5.32 Å². The van der Waals surface area contributed by atoms with E-state index in [9.17, 15) is 0 Å². The van der Waals surface area contributed by atoms with Crippen LogP contribution in [0.25, 0.3) is 54.3 Å². The molecule has 9 rings (SSSR count). The second kappa shape index (κ2) is 9.55. The van der Waals surface area contributed by atoms with Crippen LogP contribution in [0.4, 0.5) is 0 Å². The number of aliphatic imine (C=N–C) groups is 1. The van der Waals surface area contributed by atoms with E-state index >= 15 is 0 Å². The minimum atomic E-state index is -0.244. The predicted octanol–water partition coefficient (Wildman–Crippen LogP) is 9.38. The molecule has 204 valence electrons. The van der Waals surface area contributed by atoms with Crippen LogP contribution in [0.15, 0.2) is 149 Å². The van der Waals surface area contributed by atoms with E-state index in [1.54, 1.807) is 0 Å². The second-order valence-electron chi connectivity index (χ2n) is 11.2. The molecular formula is C39H27N3O. The number of fused-ring (bicyclic) bond motifs is 8. The number of nitrogens with zero attached hydrogens (tertiary/aromatic N) is 1. The molecule has 0 fully saturated rings. The van der Waals surface area contributed by atoms with Crippen molar-refractivity contribution in [3.05, 3.63) is 156 Å². The van der Waals surface area contributed by atoms with Gasteiger partial charge in [-0.1, -0.05) is 121 Å². The molecule has 0 bridgehead atoms. The number of hydrogen-bond acceptors (Lipinski definition) is 4. The second-order valence-corrected chi connectivity index (χ2v) is 11.2. The van der Waals surface area contributed by atoms with Crippen LogP contribution in [0.3, 0.4) is 0 Å². The Labute approximate surface area is 248 Å². The molecule has 1 aliphatic rings. The zero-order valence-electron chi connectivity index (χ0n) is 23.3. The average molecular weight is 554 g/mol. The number of rotatable bonds is 3. The van der Waals surface area contributed by atoms with Crippen molar-refractivity contribution in [1.82, 2.24) is 10.6 Å².